The third-order valence-corrected chi connectivity index (χ3v) is 2.97. The van der Waals surface area contributed by atoms with Crippen LogP contribution in [0.25, 0.3) is 0 Å². The van der Waals surface area contributed by atoms with Crippen molar-refractivity contribution >= 4 is 28.7 Å². The van der Waals surface area contributed by atoms with E-state index in [1.807, 2.05) is 43.3 Å². The van der Waals surface area contributed by atoms with Crippen LogP contribution < -0.4 is 10.2 Å². The van der Waals surface area contributed by atoms with E-state index in [0.717, 1.165) is 11.4 Å². The molecule has 2 aromatic carbocycles. The van der Waals surface area contributed by atoms with Crippen LogP contribution in [-0.2, 0) is 4.79 Å². The first-order chi connectivity index (χ1) is 10.6. The summed E-state index contributed by atoms with van der Waals surface area (Å²) in [5.74, 6) is -0.240. The Labute approximate surface area is 130 Å². The van der Waals surface area contributed by atoms with Gasteiger partial charge in [0.25, 0.3) is 0 Å². The minimum Gasteiger partial charge on any atom is -0.378 e. The van der Waals surface area contributed by atoms with Gasteiger partial charge in [-0.05, 0) is 54.6 Å². The Hall–Kier alpha value is -2.95. The van der Waals surface area contributed by atoms with Crippen LogP contribution in [0.4, 0.5) is 22.7 Å². The lowest BCUT2D eigenvalue weighted by Crippen LogP contribution is -2.07. The number of carbonyl (C=O) groups is 1. The number of hydrogen-bond acceptors (Lipinski definition) is 4. The zero-order valence-electron chi connectivity index (χ0n) is 12.7. The van der Waals surface area contributed by atoms with Gasteiger partial charge in [0.05, 0.1) is 11.4 Å². The van der Waals surface area contributed by atoms with Crippen molar-refractivity contribution in [3.8, 4) is 0 Å². The highest BCUT2D eigenvalue weighted by Gasteiger charge is 1.98. The van der Waals surface area contributed by atoms with Gasteiger partial charge in [0, 0.05) is 25.5 Å². The van der Waals surface area contributed by atoms with Crippen molar-refractivity contribution in [1.29, 1.82) is 0 Å². The summed E-state index contributed by atoms with van der Waals surface area (Å²) in [5, 5.41) is 11.0. The SMILES string of the molecule is C=CC(=O)Nc1ccc(N=Nc2ccc(N(C)C)cc2)cc1. The molecule has 0 saturated carbocycles. The lowest BCUT2D eigenvalue weighted by atomic mass is 10.3. The van der Waals surface area contributed by atoms with E-state index >= 15 is 0 Å². The summed E-state index contributed by atoms with van der Waals surface area (Å²) in [5.41, 5.74) is 3.31. The second kappa shape index (κ2) is 7.17. The van der Waals surface area contributed by atoms with Gasteiger partial charge in [0.15, 0.2) is 0 Å². The summed E-state index contributed by atoms with van der Waals surface area (Å²) in [6.45, 7) is 3.41. The number of nitrogens with zero attached hydrogens (tertiary/aromatic N) is 3. The largest absolute Gasteiger partial charge is 0.378 e. The van der Waals surface area contributed by atoms with Gasteiger partial charge in [-0.1, -0.05) is 6.58 Å². The number of carbonyl (C=O) groups excluding carboxylic acids is 1. The third kappa shape index (κ3) is 4.28. The number of azo groups is 1. The topological polar surface area (TPSA) is 57.1 Å². The molecule has 2 rings (SSSR count). The third-order valence-electron chi connectivity index (χ3n) is 2.97. The van der Waals surface area contributed by atoms with Crippen LogP contribution in [0.1, 0.15) is 0 Å². The molecule has 0 fully saturated rings. The number of rotatable bonds is 5. The zero-order chi connectivity index (χ0) is 15.9. The van der Waals surface area contributed by atoms with Gasteiger partial charge < -0.3 is 10.2 Å². The van der Waals surface area contributed by atoms with Crippen LogP contribution in [0.3, 0.4) is 0 Å². The molecule has 0 radical (unpaired) electrons. The maximum absolute atomic E-state index is 11.2. The molecular formula is C17H18N4O. The fourth-order valence-electron chi connectivity index (χ4n) is 1.74. The van der Waals surface area contributed by atoms with E-state index in [2.05, 4.69) is 22.1 Å². The van der Waals surface area contributed by atoms with Crippen LogP contribution >= 0.6 is 0 Å². The highest BCUT2D eigenvalue weighted by Crippen LogP contribution is 2.22. The Bertz CT molecular complexity index is 673. The molecule has 0 heterocycles. The van der Waals surface area contributed by atoms with Crippen LogP contribution in [-0.4, -0.2) is 20.0 Å². The molecule has 0 aliphatic rings. The van der Waals surface area contributed by atoms with Gasteiger partial charge >= 0.3 is 0 Å². The predicted octanol–water partition coefficient (Wildman–Crippen LogP) is 4.29. The first-order valence-electron chi connectivity index (χ1n) is 6.81. The molecule has 0 aliphatic heterocycles. The van der Waals surface area contributed by atoms with Gasteiger partial charge in [-0.3, -0.25) is 4.79 Å². The fourth-order valence-corrected chi connectivity index (χ4v) is 1.74. The second-order valence-electron chi connectivity index (χ2n) is 4.85. The van der Waals surface area contributed by atoms with E-state index in [4.69, 9.17) is 0 Å². The van der Waals surface area contributed by atoms with E-state index in [1.54, 1.807) is 24.3 Å². The van der Waals surface area contributed by atoms with Crippen molar-refractivity contribution in [2.75, 3.05) is 24.3 Å². The number of amides is 1. The second-order valence-corrected chi connectivity index (χ2v) is 4.85. The van der Waals surface area contributed by atoms with E-state index in [0.29, 0.717) is 11.4 Å². The van der Waals surface area contributed by atoms with Crippen LogP contribution in [0.5, 0.6) is 0 Å². The van der Waals surface area contributed by atoms with E-state index < -0.39 is 0 Å². The molecule has 112 valence electrons. The molecule has 22 heavy (non-hydrogen) atoms. The average molecular weight is 294 g/mol. The monoisotopic (exact) mass is 294 g/mol. The Morgan fingerprint density at radius 2 is 1.50 bits per heavy atom. The predicted molar refractivity (Wildman–Crippen MR) is 90.2 cm³/mol. The highest BCUT2D eigenvalue weighted by molar-refractivity contribution is 5.98. The summed E-state index contributed by atoms with van der Waals surface area (Å²) in [6, 6.07) is 14.9. The number of nitrogens with one attached hydrogen (secondary N) is 1. The Morgan fingerprint density at radius 3 is 1.95 bits per heavy atom. The molecular weight excluding hydrogens is 276 g/mol. The van der Waals surface area contributed by atoms with Crippen molar-refractivity contribution in [3.63, 3.8) is 0 Å². The van der Waals surface area contributed by atoms with Gasteiger partial charge in [0.1, 0.15) is 0 Å². The Morgan fingerprint density at radius 1 is 1.00 bits per heavy atom. The van der Waals surface area contributed by atoms with E-state index in [-0.39, 0.29) is 5.91 Å². The lowest BCUT2D eigenvalue weighted by Gasteiger charge is -2.11. The first kappa shape index (κ1) is 15.4. The molecule has 1 N–H and O–H groups in total. The Balaban J connectivity index is 2.03. The normalized spacial score (nSPS) is 10.5. The van der Waals surface area contributed by atoms with Gasteiger partial charge in [-0.15, -0.1) is 0 Å². The molecule has 1 amide bonds. The number of hydrogen-bond donors (Lipinski definition) is 1. The summed E-state index contributed by atoms with van der Waals surface area (Å²) < 4.78 is 0. The van der Waals surface area contributed by atoms with Crippen LogP contribution in [0.2, 0.25) is 0 Å². The van der Waals surface area contributed by atoms with Gasteiger partial charge in [-0.2, -0.15) is 10.2 Å². The van der Waals surface area contributed by atoms with Crippen molar-refractivity contribution in [3.05, 3.63) is 61.2 Å². The van der Waals surface area contributed by atoms with Gasteiger partial charge in [-0.25, -0.2) is 0 Å². The highest BCUT2D eigenvalue weighted by atomic mass is 16.1. The molecule has 0 bridgehead atoms. The maximum atomic E-state index is 11.2. The molecule has 5 nitrogen and oxygen atoms in total. The molecule has 0 unspecified atom stereocenters. The minimum absolute atomic E-state index is 0.240. The first-order valence-corrected chi connectivity index (χ1v) is 6.81. The van der Waals surface area contributed by atoms with Crippen molar-refractivity contribution in [1.82, 2.24) is 0 Å². The summed E-state index contributed by atoms with van der Waals surface area (Å²) in [4.78, 5) is 13.2. The molecule has 0 aromatic heterocycles. The number of benzene rings is 2. The summed E-state index contributed by atoms with van der Waals surface area (Å²) in [7, 11) is 3.98. The quantitative estimate of drug-likeness (QED) is 0.660. The smallest absolute Gasteiger partial charge is 0.247 e. The lowest BCUT2D eigenvalue weighted by molar-refractivity contribution is -0.111. The summed E-state index contributed by atoms with van der Waals surface area (Å²) in [6.07, 6.45) is 1.23. The standard InChI is InChI=1S/C17H18N4O/c1-4-17(22)18-13-5-7-14(8-6-13)19-20-15-9-11-16(12-10-15)21(2)3/h4-12H,1H2,2-3H3,(H,18,22). The van der Waals surface area contributed by atoms with E-state index in [1.165, 1.54) is 6.08 Å². The average Bonchev–Trinajstić information content (AvgIpc) is 2.54. The molecule has 2 aromatic rings. The maximum Gasteiger partial charge on any atom is 0.247 e. The van der Waals surface area contributed by atoms with Crippen molar-refractivity contribution < 1.29 is 4.79 Å². The molecule has 0 atom stereocenters. The van der Waals surface area contributed by atoms with Crippen LogP contribution in [0.15, 0.2) is 71.4 Å². The Kier molecular flexibility index (Phi) is 5.03. The number of anilines is 2. The van der Waals surface area contributed by atoms with E-state index in [9.17, 15) is 4.79 Å². The van der Waals surface area contributed by atoms with Crippen LogP contribution in [0, 0.1) is 0 Å². The van der Waals surface area contributed by atoms with Gasteiger partial charge in [0.2, 0.25) is 5.91 Å². The van der Waals surface area contributed by atoms with Crippen molar-refractivity contribution in [2.24, 2.45) is 10.2 Å². The summed E-state index contributed by atoms with van der Waals surface area (Å²) >= 11 is 0. The molecule has 5 heteroatoms. The van der Waals surface area contributed by atoms with Crippen molar-refractivity contribution in [2.45, 2.75) is 0 Å². The molecule has 0 saturated heterocycles. The molecule has 0 aliphatic carbocycles. The minimum atomic E-state index is -0.240. The molecule has 0 spiro atoms. The zero-order valence-corrected chi connectivity index (χ0v) is 12.7. The fraction of sp³-hybridized carbons (Fsp3) is 0.118.